The lowest BCUT2D eigenvalue weighted by molar-refractivity contribution is 0.289. The van der Waals surface area contributed by atoms with E-state index in [4.69, 9.17) is 9.15 Å². The van der Waals surface area contributed by atoms with Crippen molar-refractivity contribution in [2.24, 2.45) is 4.36 Å². The van der Waals surface area contributed by atoms with Crippen molar-refractivity contribution in [3.8, 4) is 5.75 Å². The van der Waals surface area contributed by atoms with Gasteiger partial charge < -0.3 is 13.7 Å². The third-order valence-corrected chi connectivity index (χ3v) is 6.74. The topological polar surface area (TPSA) is 73.8 Å². The van der Waals surface area contributed by atoms with Gasteiger partial charge in [0.15, 0.2) is 0 Å². The second-order valence-corrected chi connectivity index (χ2v) is 9.49. The Hall–Kier alpha value is -3.32. The van der Waals surface area contributed by atoms with Crippen LogP contribution in [0.3, 0.4) is 0 Å². The van der Waals surface area contributed by atoms with Crippen LogP contribution in [0.2, 0.25) is 0 Å². The molecule has 0 aliphatic heterocycles. The summed E-state index contributed by atoms with van der Waals surface area (Å²) in [4.78, 5) is 13.1. The van der Waals surface area contributed by atoms with Crippen molar-refractivity contribution < 1.29 is 13.4 Å². The van der Waals surface area contributed by atoms with Gasteiger partial charge in [-0.15, -0.1) is 0 Å². The Labute approximate surface area is 174 Å². The van der Waals surface area contributed by atoms with Crippen molar-refractivity contribution in [2.45, 2.75) is 18.0 Å². The van der Waals surface area contributed by atoms with Crippen LogP contribution in [-0.2, 0) is 22.9 Å². The predicted molar refractivity (Wildman–Crippen MR) is 117 cm³/mol. The van der Waals surface area contributed by atoms with E-state index in [-0.39, 0.29) is 17.8 Å². The summed E-state index contributed by atoms with van der Waals surface area (Å²) in [6.07, 6.45) is 6.99. The lowest BCUT2D eigenvalue weighted by Crippen LogP contribution is -2.09. The van der Waals surface area contributed by atoms with E-state index in [2.05, 4.69) is 4.36 Å². The molecule has 0 bridgehead atoms. The van der Waals surface area contributed by atoms with Gasteiger partial charge in [-0.1, -0.05) is 36.4 Å². The Kier molecular flexibility index (Phi) is 5.46. The smallest absolute Gasteiger partial charge is 0.227 e. The molecule has 0 aliphatic rings. The molecule has 4 aromatic rings. The maximum Gasteiger partial charge on any atom is 0.227 e. The zero-order valence-electron chi connectivity index (χ0n) is 16.8. The Balaban J connectivity index is 1.43. The zero-order chi connectivity index (χ0) is 21.1. The van der Waals surface area contributed by atoms with Crippen LogP contribution in [-0.4, -0.2) is 22.1 Å². The highest BCUT2D eigenvalue weighted by Gasteiger charge is 2.08. The van der Waals surface area contributed by atoms with E-state index in [1.807, 2.05) is 53.4 Å². The zero-order valence-corrected chi connectivity index (χ0v) is 17.6. The minimum absolute atomic E-state index is 0.156. The molecule has 0 amide bonds. The van der Waals surface area contributed by atoms with E-state index in [0.717, 1.165) is 16.3 Å². The van der Waals surface area contributed by atoms with Crippen LogP contribution in [0.5, 0.6) is 5.75 Å². The molecule has 2 heterocycles. The highest BCUT2D eigenvalue weighted by atomic mass is 32.2. The number of rotatable bonds is 6. The Morgan fingerprint density at radius 1 is 1.07 bits per heavy atom. The predicted octanol–water partition coefficient (Wildman–Crippen LogP) is 4.31. The fourth-order valence-corrected chi connectivity index (χ4v) is 4.00. The molecule has 1 unspecified atom stereocenters. The number of nitrogens with zero attached hydrogens (tertiary/aromatic N) is 2. The van der Waals surface area contributed by atoms with E-state index < -0.39 is 9.73 Å². The molecule has 154 valence electrons. The quantitative estimate of drug-likeness (QED) is 0.464. The first kappa shape index (κ1) is 20.0. The molecule has 30 heavy (non-hydrogen) atoms. The molecule has 0 aliphatic carbocycles. The van der Waals surface area contributed by atoms with Gasteiger partial charge in [-0.05, 0) is 28.5 Å². The molecular weight excluding hydrogens is 400 g/mol. The van der Waals surface area contributed by atoms with Crippen LogP contribution < -0.4 is 10.2 Å². The maximum absolute atomic E-state index is 12.4. The molecule has 0 fully saturated rings. The van der Waals surface area contributed by atoms with E-state index in [1.165, 1.54) is 12.3 Å². The van der Waals surface area contributed by atoms with Crippen molar-refractivity contribution >= 4 is 20.5 Å². The minimum atomic E-state index is -2.36. The average molecular weight is 423 g/mol. The van der Waals surface area contributed by atoms with Crippen molar-refractivity contribution in [1.29, 1.82) is 0 Å². The molecule has 4 rings (SSSR count). The lowest BCUT2D eigenvalue weighted by atomic mass is 10.2. The molecule has 7 heteroatoms. The number of hydrogen-bond acceptors (Lipinski definition) is 5. The number of fused-ring (bicyclic) bond motifs is 1. The fourth-order valence-electron chi connectivity index (χ4n) is 3.14. The number of aromatic nitrogens is 1. The monoisotopic (exact) mass is 422 g/mol. The molecule has 0 saturated carbocycles. The molecule has 2 aromatic carbocycles. The highest BCUT2D eigenvalue weighted by Crippen LogP contribution is 2.17. The van der Waals surface area contributed by atoms with Gasteiger partial charge >= 0.3 is 0 Å². The van der Waals surface area contributed by atoms with Crippen LogP contribution in [0.4, 0.5) is 0 Å². The fraction of sp³-hybridized carbons (Fsp3) is 0.174. The standard InChI is InChI=1S/C23H22N2O4S/c1-24-30(2,27)21-9-7-17(8-10-21)15-29-23-16-28-20(11-22(23)26)14-25-12-18-5-3-4-6-19(18)13-25/h3-13,16H,14-15H2,1-2H3. The molecule has 0 radical (unpaired) electrons. The van der Waals surface area contributed by atoms with Gasteiger partial charge in [-0.25, -0.2) is 8.57 Å². The first-order valence-electron chi connectivity index (χ1n) is 9.43. The summed E-state index contributed by atoms with van der Waals surface area (Å²) in [5.41, 5.74) is 0.624. The van der Waals surface area contributed by atoms with Crippen molar-refractivity contribution in [3.63, 3.8) is 0 Å². The van der Waals surface area contributed by atoms with Crippen molar-refractivity contribution in [3.05, 3.63) is 94.8 Å². The molecule has 1 atom stereocenters. The molecule has 0 N–H and O–H groups in total. The first-order valence-corrected chi connectivity index (χ1v) is 11.4. The summed E-state index contributed by atoms with van der Waals surface area (Å²) in [6, 6.07) is 16.7. The molecule has 0 spiro atoms. The third-order valence-electron chi connectivity index (χ3n) is 4.90. The van der Waals surface area contributed by atoms with E-state index >= 15 is 0 Å². The van der Waals surface area contributed by atoms with E-state index in [1.54, 1.807) is 25.4 Å². The second-order valence-electron chi connectivity index (χ2n) is 7.05. The normalized spacial score (nSPS) is 13.1. The molecule has 2 aromatic heterocycles. The summed E-state index contributed by atoms with van der Waals surface area (Å²) in [7, 11) is -0.818. The van der Waals surface area contributed by atoms with Gasteiger partial charge in [0.1, 0.15) is 18.6 Å². The lowest BCUT2D eigenvalue weighted by Gasteiger charge is -2.08. The minimum Gasteiger partial charge on any atom is -0.482 e. The highest BCUT2D eigenvalue weighted by molar-refractivity contribution is 7.93. The first-order chi connectivity index (χ1) is 14.4. The van der Waals surface area contributed by atoms with Crippen LogP contribution in [0.15, 0.2) is 91.7 Å². The largest absolute Gasteiger partial charge is 0.482 e. The third kappa shape index (κ3) is 4.31. The van der Waals surface area contributed by atoms with Crippen LogP contribution in [0, 0.1) is 0 Å². The van der Waals surface area contributed by atoms with Crippen molar-refractivity contribution in [1.82, 2.24) is 4.57 Å². The SMILES string of the molecule is CN=S(C)(=O)c1ccc(COc2coc(Cn3cc4ccccc4c3)cc2=O)cc1. The summed E-state index contributed by atoms with van der Waals surface area (Å²) in [5, 5.41) is 2.27. The Morgan fingerprint density at radius 2 is 1.73 bits per heavy atom. The summed E-state index contributed by atoms with van der Waals surface area (Å²) >= 11 is 0. The van der Waals surface area contributed by atoms with Gasteiger partial charge in [0, 0.05) is 36.7 Å². The maximum atomic E-state index is 12.4. The van der Waals surface area contributed by atoms with Gasteiger partial charge in [-0.2, -0.15) is 0 Å². The van der Waals surface area contributed by atoms with Crippen molar-refractivity contribution in [2.75, 3.05) is 13.3 Å². The number of ether oxygens (including phenoxy) is 1. The average Bonchev–Trinajstić information content (AvgIpc) is 3.16. The van der Waals surface area contributed by atoms with Gasteiger partial charge in [0.2, 0.25) is 11.2 Å². The summed E-state index contributed by atoms with van der Waals surface area (Å²) in [6.45, 7) is 0.673. The van der Waals surface area contributed by atoms with E-state index in [0.29, 0.717) is 17.2 Å². The van der Waals surface area contributed by atoms with Gasteiger partial charge in [-0.3, -0.25) is 4.79 Å². The van der Waals surface area contributed by atoms with E-state index in [9.17, 15) is 9.00 Å². The Bertz CT molecular complexity index is 1330. The van der Waals surface area contributed by atoms with Gasteiger partial charge in [0.25, 0.3) is 0 Å². The molecular formula is C23H22N2O4S. The van der Waals surface area contributed by atoms with Crippen LogP contribution in [0.25, 0.3) is 10.8 Å². The number of benzene rings is 2. The van der Waals surface area contributed by atoms with Gasteiger partial charge in [0.05, 0.1) is 16.3 Å². The Morgan fingerprint density at radius 3 is 2.33 bits per heavy atom. The van der Waals surface area contributed by atoms with Crippen LogP contribution in [0.1, 0.15) is 11.3 Å². The summed E-state index contributed by atoms with van der Waals surface area (Å²) < 4.78 is 29.4. The number of hydrogen-bond donors (Lipinski definition) is 0. The summed E-state index contributed by atoms with van der Waals surface area (Å²) in [5.74, 6) is 0.710. The molecule has 0 saturated heterocycles. The van der Waals surface area contributed by atoms with Crippen LogP contribution >= 0.6 is 0 Å². The second kappa shape index (κ2) is 8.20. The molecule has 6 nitrogen and oxygen atoms in total.